The monoisotopic (exact) mass is 199 g/mol. The van der Waals surface area contributed by atoms with Crippen LogP contribution in [0.5, 0.6) is 0 Å². The van der Waals surface area contributed by atoms with Gasteiger partial charge in [-0.1, -0.05) is 0 Å². The third-order valence-electron chi connectivity index (χ3n) is 2.20. The Morgan fingerprint density at radius 2 is 2.38 bits per heavy atom. The first-order valence-electron chi connectivity index (χ1n) is 4.61. The highest BCUT2D eigenvalue weighted by Gasteiger charge is 2.06. The Morgan fingerprint density at radius 3 is 3.00 bits per heavy atom. The number of nitrogens with one attached hydrogen (secondary N) is 1. The molecule has 1 atom stereocenters. The Hall–Kier alpha value is -0.380. The van der Waals surface area contributed by atoms with E-state index in [1.54, 1.807) is 11.3 Å². The van der Waals surface area contributed by atoms with E-state index in [1.165, 1.54) is 10.4 Å². The summed E-state index contributed by atoms with van der Waals surface area (Å²) in [6, 6.07) is 2.62. The number of hydrogen-bond acceptors (Lipinski definition) is 3. The van der Waals surface area contributed by atoms with Gasteiger partial charge in [0.15, 0.2) is 0 Å². The molecule has 0 bridgehead atoms. The molecule has 0 aliphatic heterocycles. The van der Waals surface area contributed by atoms with Crippen LogP contribution in [0.4, 0.5) is 0 Å². The number of rotatable bonds is 5. The molecule has 1 aromatic heterocycles. The largest absolute Gasteiger partial charge is 0.396 e. The predicted molar refractivity (Wildman–Crippen MR) is 57.3 cm³/mol. The predicted octanol–water partition coefficient (Wildman–Crippen LogP) is 1.43. The lowest BCUT2D eigenvalue weighted by Gasteiger charge is -2.09. The highest BCUT2D eigenvalue weighted by atomic mass is 32.1. The Bertz CT molecular complexity index is 247. The zero-order valence-corrected chi connectivity index (χ0v) is 9.03. The summed E-state index contributed by atoms with van der Waals surface area (Å²) in [5, 5.41) is 14.2. The molecule has 13 heavy (non-hydrogen) atoms. The SMILES string of the molecule is CN[C@H](C)Cc1sccc1CCO. The van der Waals surface area contributed by atoms with Gasteiger partial charge in [0.25, 0.3) is 0 Å². The zero-order chi connectivity index (χ0) is 9.68. The van der Waals surface area contributed by atoms with Crippen molar-refractivity contribution < 1.29 is 5.11 Å². The van der Waals surface area contributed by atoms with Crippen molar-refractivity contribution in [2.24, 2.45) is 0 Å². The maximum absolute atomic E-state index is 8.84. The highest BCUT2D eigenvalue weighted by Crippen LogP contribution is 2.18. The number of aliphatic hydroxyl groups excluding tert-OH is 1. The number of hydrogen-bond donors (Lipinski definition) is 2. The van der Waals surface area contributed by atoms with Gasteiger partial charge >= 0.3 is 0 Å². The zero-order valence-electron chi connectivity index (χ0n) is 8.21. The van der Waals surface area contributed by atoms with Crippen molar-refractivity contribution in [3.05, 3.63) is 21.9 Å². The first-order valence-corrected chi connectivity index (χ1v) is 5.49. The summed E-state index contributed by atoms with van der Waals surface area (Å²) < 4.78 is 0. The average Bonchev–Trinajstić information content (AvgIpc) is 2.54. The van der Waals surface area contributed by atoms with E-state index < -0.39 is 0 Å². The van der Waals surface area contributed by atoms with Gasteiger partial charge in [0, 0.05) is 17.5 Å². The van der Waals surface area contributed by atoms with Crippen molar-refractivity contribution in [3.63, 3.8) is 0 Å². The van der Waals surface area contributed by atoms with E-state index in [1.807, 2.05) is 7.05 Å². The molecule has 0 amide bonds. The summed E-state index contributed by atoms with van der Waals surface area (Å²) in [7, 11) is 1.98. The summed E-state index contributed by atoms with van der Waals surface area (Å²) in [6.07, 6.45) is 1.85. The summed E-state index contributed by atoms with van der Waals surface area (Å²) >= 11 is 1.78. The number of thiophene rings is 1. The Morgan fingerprint density at radius 1 is 1.62 bits per heavy atom. The smallest absolute Gasteiger partial charge is 0.0471 e. The molecule has 0 aliphatic rings. The van der Waals surface area contributed by atoms with E-state index in [0.717, 1.165) is 12.8 Å². The lowest BCUT2D eigenvalue weighted by atomic mass is 10.1. The van der Waals surface area contributed by atoms with Crippen molar-refractivity contribution in [1.29, 1.82) is 0 Å². The molecule has 1 heterocycles. The Labute approximate surface area is 83.6 Å². The molecule has 2 N–H and O–H groups in total. The molecule has 2 nitrogen and oxygen atoms in total. The molecule has 0 fully saturated rings. The molecule has 0 saturated carbocycles. The molecule has 0 aromatic carbocycles. The van der Waals surface area contributed by atoms with Crippen LogP contribution in [0, 0.1) is 0 Å². The van der Waals surface area contributed by atoms with Gasteiger partial charge in [0.1, 0.15) is 0 Å². The maximum atomic E-state index is 8.84. The average molecular weight is 199 g/mol. The van der Waals surface area contributed by atoms with Crippen LogP contribution in [0.3, 0.4) is 0 Å². The van der Waals surface area contributed by atoms with Crippen LogP contribution >= 0.6 is 11.3 Å². The van der Waals surface area contributed by atoms with Crippen molar-refractivity contribution in [3.8, 4) is 0 Å². The molecule has 3 heteroatoms. The summed E-state index contributed by atoms with van der Waals surface area (Å²) in [4.78, 5) is 1.40. The van der Waals surface area contributed by atoms with Crippen LogP contribution in [0.2, 0.25) is 0 Å². The van der Waals surface area contributed by atoms with Crippen LogP contribution in [0.15, 0.2) is 11.4 Å². The summed E-state index contributed by atoms with van der Waals surface area (Å²) in [6.45, 7) is 2.42. The molecule has 0 spiro atoms. The van der Waals surface area contributed by atoms with Gasteiger partial charge < -0.3 is 10.4 Å². The van der Waals surface area contributed by atoms with Crippen molar-refractivity contribution in [2.45, 2.75) is 25.8 Å². The Balaban J connectivity index is 2.59. The van der Waals surface area contributed by atoms with E-state index in [4.69, 9.17) is 5.11 Å². The van der Waals surface area contributed by atoms with Crippen LogP contribution in [0.1, 0.15) is 17.4 Å². The summed E-state index contributed by atoms with van der Waals surface area (Å²) in [5.41, 5.74) is 1.30. The van der Waals surface area contributed by atoms with Crippen molar-refractivity contribution in [2.75, 3.05) is 13.7 Å². The Kier molecular flexibility index (Phi) is 4.42. The molecular formula is C10H17NOS. The van der Waals surface area contributed by atoms with E-state index in [0.29, 0.717) is 6.04 Å². The topological polar surface area (TPSA) is 32.3 Å². The molecule has 0 saturated heterocycles. The minimum atomic E-state index is 0.248. The van der Waals surface area contributed by atoms with Gasteiger partial charge in [-0.2, -0.15) is 0 Å². The molecule has 0 unspecified atom stereocenters. The quantitative estimate of drug-likeness (QED) is 0.752. The van der Waals surface area contributed by atoms with Gasteiger partial charge in [-0.15, -0.1) is 11.3 Å². The first-order chi connectivity index (χ1) is 6.27. The molecule has 0 aliphatic carbocycles. The molecule has 74 valence electrons. The van der Waals surface area contributed by atoms with Gasteiger partial charge in [-0.25, -0.2) is 0 Å². The fourth-order valence-electron chi connectivity index (χ4n) is 1.27. The fraction of sp³-hybridized carbons (Fsp3) is 0.600. The van der Waals surface area contributed by atoms with E-state index in [2.05, 4.69) is 23.7 Å². The van der Waals surface area contributed by atoms with Crippen LogP contribution < -0.4 is 5.32 Å². The van der Waals surface area contributed by atoms with E-state index in [-0.39, 0.29) is 6.61 Å². The fourth-order valence-corrected chi connectivity index (χ4v) is 2.33. The molecule has 1 aromatic rings. The molecule has 1 rings (SSSR count). The van der Waals surface area contributed by atoms with Gasteiger partial charge in [-0.3, -0.25) is 0 Å². The van der Waals surface area contributed by atoms with E-state index >= 15 is 0 Å². The van der Waals surface area contributed by atoms with Gasteiger partial charge in [0.05, 0.1) is 0 Å². The van der Waals surface area contributed by atoms with Crippen LogP contribution in [-0.4, -0.2) is 24.8 Å². The van der Waals surface area contributed by atoms with Crippen LogP contribution in [-0.2, 0) is 12.8 Å². The minimum absolute atomic E-state index is 0.248. The van der Waals surface area contributed by atoms with Crippen molar-refractivity contribution in [1.82, 2.24) is 5.32 Å². The van der Waals surface area contributed by atoms with Gasteiger partial charge in [0.2, 0.25) is 0 Å². The first kappa shape index (κ1) is 10.7. The third-order valence-corrected chi connectivity index (χ3v) is 3.19. The minimum Gasteiger partial charge on any atom is -0.396 e. The van der Waals surface area contributed by atoms with E-state index in [9.17, 15) is 0 Å². The lowest BCUT2D eigenvalue weighted by molar-refractivity contribution is 0.299. The third kappa shape index (κ3) is 3.10. The number of likely N-dealkylation sites (N-methyl/N-ethyl adjacent to an activating group) is 1. The summed E-state index contributed by atoms with van der Waals surface area (Å²) in [5.74, 6) is 0. The molecular weight excluding hydrogens is 182 g/mol. The number of aliphatic hydroxyl groups is 1. The van der Waals surface area contributed by atoms with Crippen LogP contribution in [0.25, 0.3) is 0 Å². The maximum Gasteiger partial charge on any atom is 0.0471 e. The second-order valence-electron chi connectivity index (χ2n) is 3.24. The molecule has 0 radical (unpaired) electrons. The standard InChI is InChI=1S/C10H17NOS/c1-8(11-2)7-10-9(3-5-12)4-6-13-10/h4,6,8,11-12H,3,5,7H2,1-2H3/t8-/m1/s1. The van der Waals surface area contributed by atoms with Gasteiger partial charge in [-0.05, 0) is 43.8 Å². The van der Waals surface area contributed by atoms with Crippen molar-refractivity contribution >= 4 is 11.3 Å². The second kappa shape index (κ2) is 5.37. The highest BCUT2D eigenvalue weighted by molar-refractivity contribution is 7.10. The lowest BCUT2D eigenvalue weighted by Crippen LogP contribution is -2.23. The second-order valence-corrected chi connectivity index (χ2v) is 4.24. The normalized spacial score (nSPS) is 13.2.